The molecule has 0 radical (unpaired) electrons. The van der Waals surface area contributed by atoms with Crippen LogP contribution in [0.15, 0.2) is 61.4 Å². The van der Waals surface area contributed by atoms with Crippen LogP contribution in [-0.4, -0.2) is 97.1 Å². The maximum Gasteiger partial charge on any atom is 0.416 e. The fourth-order valence-electron chi connectivity index (χ4n) is 7.02. The van der Waals surface area contributed by atoms with Gasteiger partial charge in [0.2, 0.25) is 5.91 Å². The van der Waals surface area contributed by atoms with Crippen molar-refractivity contribution in [2.45, 2.75) is 43.6 Å². The third-order valence-electron chi connectivity index (χ3n) is 9.50. The van der Waals surface area contributed by atoms with Crippen molar-refractivity contribution in [3.63, 3.8) is 0 Å². The number of carbonyl (C=O) groups excluding carboxylic acids is 1. The molecule has 15 heteroatoms. The number of piperazine rings is 1. The number of morpholine rings is 1. The van der Waals surface area contributed by atoms with Crippen LogP contribution in [0.2, 0.25) is 0 Å². The number of methoxy groups -OCH3 is 1. The SMILES string of the molecule is C=CC(=O)Nc1cc(Nc2cc(N3OCC[C@@H]3Cc3ccc(C(F)(F)F)cc3)ncn2)c(OC)cc1N1CCN(N2C[C@H]3C[C@@H]2CO3)CC1. The molecule has 1 aromatic heterocycles. The molecular weight excluding hydrogens is 641 g/mol. The van der Waals surface area contributed by atoms with Crippen molar-refractivity contribution in [1.29, 1.82) is 0 Å². The van der Waals surface area contributed by atoms with E-state index in [4.69, 9.17) is 14.3 Å². The van der Waals surface area contributed by atoms with Crippen molar-refractivity contribution >= 4 is 34.6 Å². The molecule has 7 rings (SSSR count). The van der Waals surface area contributed by atoms with Gasteiger partial charge in [0.1, 0.15) is 17.9 Å². The number of benzene rings is 2. The van der Waals surface area contributed by atoms with Crippen LogP contribution < -0.4 is 25.3 Å². The molecule has 3 atom stereocenters. The molecule has 2 N–H and O–H groups in total. The van der Waals surface area contributed by atoms with Crippen LogP contribution in [-0.2, 0) is 27.0 Å². The topological polar surface area (TPSA) is 108 Å². The number of hydrogen-bond donors (Lipinski definition) is 2. The van der Waals surface area contributed by atoms with E-state index in [0.717, 1.165) is 69.1 Å². The highest BCUT2D eigenvalue weighted by atomic mass is 19.4. The minimum Gasteiger partial charge on any atom is -0.494 e. The Labute approximate surface area is 282 Å². The van der Waals surface area contributed by atoms with E-state index in [2.05, 4.69) is 42.1 Å². The number of hydrogen-bond acceptors (Lipinski definition) is 11. The van der Waals surface area contributed by atoms with E-state index in [-0.39, 0.29) is 11.9 Å². The van der Waals surface area contributed by atoms with Gasteiger partial charge in [0, 0.05) is 44.9 Å². The molecule has 2 aromatic carbocycles. The number of amides is 1. The van der Waals surface area contributed by atoms with Gasteiger partial charge in [0.05, 0.1) is 61.1 Å². The van der Waals surface area contributed by atoms with Crippen molar-refractivity contribution in [3.8, 4) is 5.75 Å². The number of rotatable bonds is 10. The van der Waals surface area contributed by atoms with E-state index < -0.39 is 11.7 Å². The molecule has 4 aliphatic rings. The van der Waals surface area contributed by atoms with Crippen molar-refractivity contribution in [2.24, 2.45) is 0 Å². The van der Waals surface area contributed by atoms with Crippen LogP contribution in [0.3, 0.4) is 0 Å². The number of hydrazine groups is 1. The van der Waals surface area contributed by atoms with Gasteiger partial charge in [-0.15, -0.1) is 0 Å². The monoisotopic (exact) mass is 680 g/mol. The van der Waals surface area contributed by atoms with Crippen LogP contribution in [0, 0.1) is 0 Å². The van der Waals surface area contributed by atoms with E-state index in [1.807, 2.05) is 12.1 Å². The summed E-state index contributed by atoms with van der Waals surface area (Å²) in [4.78, 5) is 29.5. The van der Waals surface area contributed by atoms with Crippen LogP contribution >= 0.6 is 0 Å². The highest BCUT2D eigenvalue weighted by molar-refractivity contribution is 6.02. The molecule has 0 spiro atoms. The molecule has 12 nitrogen and oxygen atoms in total. The minimum atomic E-state index is -4.38. The van der Waals surface area contributed by atoms with Gasteiger partial charge in [-0.2, -0.15) is 13.2 Å². The molecule has 3 aromatic rings. The number of alkyl halides is 3. The first kappa shape index (κ1) is 33.1. The molecular formula is C34H39F3N8O4. The van der Waals surface area contributed by atoms with E-state index in [1.165, 1.54) is 24.5 Å². The summed E-state index contributed by atoms with van der Waals surface area (Å²) < 4.78 is 50.7. The van der Waals surface area contributed by atoms with Gasteiger partial charge in [-0.1, -0.05) is 18.7 Å². The molecule has 1 amide bonds. The Morgan fingerprint density at radius 1 is 1.10 bits per heavy atom. The fourth-order valence-corrected chi connectivity index (χ4v) is 7.02. The van der Waals surface area contributed by atoms with Gasteiger partial charge in [0.15, 0.2) is 5.82 Å². The zero-order valence-electron chi connectivity index (χ0n) is 27.2. The van der Waals surface area contributed by atoms with Crippen molar-refractivity contribution in [1.82, 2.24) is 20.0 Å². The lowest BCUT2D eigenvalue weighted by atomic mass is 10.0. The average molecular weight is 681 g/mol. The Morgan fingerprint density at radius 2 is 1.90 bits per heavy atom. The number of anilines is 5. The molecule has 5 heterocycles. The predicted octanol–water partition coefficient (Wildman–Crippen LogP) is 4.64. The summed E-state index contributed by atoms with van der Waals surface area (Å²) in [7, 11) is 1.59. The van der Waals surface area contributed by atoms with Gasteiger partial charge >= 0.3 is 6.18 Å². The van der Waals surface area contributed by atoms with Gasteiger partial charge in [-0.05, 0) is 49.1 Å². The first-order chi connectivity index (χ1) is 23.7. The third-order valence-corrected chi connectivity index (χ3v) is 9.50. The molecule has 4 aliphatic heterocycles. The van der Waals surface area contributed by atoms with Crippen LogP contribution in [0.4, 0.5) is 41.9 Å². The summed E-state index contributed by atoms with van der Waals surface area (Å²) in [5.74, 6) is 1.18. The van der Waals surface area contributed by atoms with Crippen LogP contribution in [0.1, 0.15) is 24.0 Å². The maximum atomic E-state index is 13.0. The van der Waals surface area contributed by atoms with E-state index in [1.54, 1.807) is 18.2 Å². The molecule has 4 saturated heterocycles. The molecule has 49 heavy (non-hydrogen) atoms. The summed E-state index contributed by atoms with van der Waals surface area (Å²) in [5.41, 5.74) is 2.09. The number of nitrogens with zero attached hydrogens (tertiary/aromatic N) is 6. The molecule has 0 unspecified atom stereocenters. The third kappa shape index (κ3) is 7.15. The molecule has 2 bridgehead atoms. The number of nitrogens with one attached hydrogen (secondary N) is 2. The van der Waals surface area contributed by atoms with E-state index >= 15 is 0 Å². The second kappa shape index (κ2) is 13.8. The Morgan fingerprint density at radius 3 is 2.57 bits per heavy atom. The van der Waals surface area contributed by atoms with Crippen LogP contribution in [0.5, 0.6) is 5.75 Å². The molecule has 0 aliphatic carbocycles. The second-order valence-electron chi connectivity index (χ2n) is 12.6. The Bertz CT molecular complexity index is 1670. The van der Waals surface area contributed by atoms with E-state index in [9.17, 15) is 18.0 Å². The number of carbonyl (C=O) groups is 1. The quantitative estimate of drug-likeness (QED) is 0.293. The lowest BCUT2D eigenvalue weighted by Crippen LogP contribution is -2.57. The standard InChI is InChI=1S/C34H39F3N8O4/c1-3-33(46)41-27-16-28(30(47-2)17-29(27)42-9-11-43(12-10-42)44-19-26-15-25(44)20-48-26)40-31-18-32(39-21-38-31)45-24(8-13-49-45)14-22-4-6-23(7-5-22)34(35,36)37/h3-7,16-18,21,24-26H,1,8-15,19-20H2,2H3,(H,41,46)(H,38,39,40)/t24-,25-,26-/m1/s1. The lowest BCUT2D eigenvalue weighted by Gasteiger charge is -2.43. The summed E-state index contributed by atoms with van der Waals surface area (Å²) in [6.07, 6.45) is 0.837. The van der Waals surface area contributed by atoms with E-state index in [0.29, 0.717) is 60.4 Å². The van der Waals surface area contributed by atoms with Crippen molar-refractivity contribution in [2.75, 3.05) is 73.6 Å². The number of hydroxylamine groups is 1. The maximum absolute atomic E-state index is 13.0. The Balaban J connectivity index is 1.08. The Hall–Kier alpha value is -4.44. The highest BCUT2D eigenvalue weighted by Crippen LogP contribution is 2.40. The smallest absolute Gasteiger partial charge is 0.416 e. The highest BCUT2D eigenvalue weighted by Gasteiger charge is 2.42. The lowest BCUT2D eigenvalue weighted by molar-refractivity contribution is -0.137. The van der Waals surface area contributed by atoms with Crippen molar-refractivity contribution < 1.29 is 32.3 Å². The van der Waals surface area contributed by atoms with Gasteiger partial charge in [-0.3, -0.25) is 9.63 Å². The normalized spacial score (nSPS) is 22.8. The molecule has 4 fully saturated rings. The average Bonchev–Trinajstić information content (AvgIpc) is 3.87. The molecule has 260 valence electrons. The van der Waals surface area contributed by atoms with Gasteiger partial charge in [-0.25, -0.2) is 25.0 Å². The summed E-state index contributed by atoms with van der Waals surface area (Å²) >= 11 is 0. The predicted molar refractivity (Wildman–Crippen MR) is 178 cm³/mol. The Kier molecular flexibility index (Phi) is 9.33. The first-order valence-corrected chi connectivity index (χ1v) is 16.4. The van der Waals surface area contributed by atoms with Crippen molar-refractivity contribution in [3.05, 3.63) is 72.6 Å². The van der Waals surface area contributed by atoms with Gasteiger partial charge in [0.25, 0.3) is 0 Å². The summed E-state index contributed by atoms with van der Waals surface area (Å²) in [6, 6.07) is 11.0. The minimum absolute atomic E-state index is 0.136. The van der Waals surface area contributed by atoms with Gasteiger partial charge < -0.3 is 25.0 Å². The number of fused-ring (bicyclic) bond motifs is 2. The molecule has 0 saturated carbocycles. The first-order valence-electron chi connectivity index (χ1n) is 16.4. The fraction of sp³-hybridized carbons (Fsp3) is 0.441. The number of aromatic nitrogens is 2. The largest absolute Gasteiger partial charge is 0.494 e. The summed E-state index contributed by atoms with van der Waals surface area (Å²) in [5, 5.41) is 12.8. The summed E-state index contributed by atoms with van der Waals surface area (Å²) in [6.45, 7) is 9.02. The zero-order valence-corrected chi connectivity index (χ0v) is 27.2. The second-order valence-corrected chi connectivity index (χ2v) is 12.6. The zero-order chi connectivity index (χ0) is 34.1. The number of halogens is 3. The van der Waals surface area contributed by atoms with Crippen LogP contribution in [0.25, 0.3) is 0 Å². The number of ether oxygens (including phenoxy) is 2.